The van der Waals surface area contributed by atoms with Gasteiger partial charge in [-0.15, -0.1) is 0 Å². The Labute approximate surface area is 79.3 Å². The molecule has 0 amide bonds. The van der Waals surface area contributed by atoms with Crippen LogP contribution in [0.1, 0.15) is 32.1 Å². The van der Waals surface area contributed by atoms with Crippen LogP contribution in [0.25, 0.3) is 0 Å². The van der Waals surface area contributed by atoms with Crippen molar-refractivity contribution >= 4 is 5.78 Å². The lowest BCUT2D eigenvalue weighted by molar-refractivity contribution is -0.115. The van der Waals surface area contributed by atoms with Crippen molar-refractivity contribution in [1.82, 2.24) is 0 Å². The maximum Gasteiger partial charge on any atom is 0.155 e. The maximum absolute atomic E-state index is 11.1. The molecule has 0 aromatic rings. The summed E-state index contributed by atoms with van der Waals surface area (Å²) < 4.78 is 4.96. The van der Waals surface area contributed by atoms with Gasteiger partial charge in [0.25, 0.3) is 0 Å². The molecule has 0 N–H and O–H groups in total. The van der Waals surface area contributed by atoms with Crippen LogP contribution in [-0.2, 0) is 9.53 Å². The largest absolute Gasteiger partial charge is 0.502 e. The van der Waals surface area contributed by atoms with Crippen LogP contribution >= 0.6 is 0 Å². The third kappa shape index (κ3) is 3.45. The van der Waals surface area contributed by atoms with Crippen molar-refractivity contribution in [3.05, 3.63) is 24.0 Å². The van der Waals surface area contributed by atoms with Gasteiger partial charge in [-0.3, -0.25) is 4.79 Å². The lowest BCUT2D eigenvalue weighted by Crippen LogP contribution is -2.02. The second-order valence-corrected chi connectivity index (χ2v) is 3.37. The highest BCUT2D eigenvalue weighted by Gasteiger charge is 2.09. The minimum Gasteiger partial charge on any atom is -0.502 e. The van der Waals surface area contributed by atoms with Gasteiger partial charge < -0.3 is 4.74 Å². The van der Waals surface area contributed by atoms with Crippen molar-refractivity contribution in [2.75, 3.05) is 7.11 Å². The summed E-state index contributed by atoms with van der Waals surface area (Å²) in [5, 5.41) is 0. The predicted octanol–water partition coefficient (Wildman–Crippen LogP) is 2.61. The van der Waals surface area contributed by atoms with E-state index in [4.69, 9.17) is 4.74 Å². The summed E-state index contributed by atoms with van der Waals surface area (Å²) in [4.78, 5) is 11.1. The zero-order chi connectivity index (χ0) is 9.68. The molecule has 1 aliphatic rings. The van der Waals surface area contributed by atoms with Gasteiger partial charge in [0.2, 0.25) is 0 Å². The predicted molar refractivity (Wildman–Crippen MR) is 52.3 cm³/mol. The Morgan fingerprint density at radius 3 is 3.00 bits per heavy atom. The summed E-state index contributed by atoms with van der Waals surface area (Å²) in [7, 11) is 1.63. The Bertz CT molecular complexity index is 238. The van der Waals surface area contributed by atoms with Gasteiger partial charge in [0.1, 0.15) is 0 Å². The highest BCUT2D eigenvalue weighted by Crippen LogP contribution is 2.21. The Hall–Kier alpha value is -1.05. The van der Waals surface area contributed by atoms with E-state index in [0.717, 1.165) is 31.4 Å². The average Bonchev–Trinajstić information content (AvgIpc) is 2.14. The minimum absolute atomic E-state index is 0.268. The molecule has 2 nitrogen and oxygen atoms in total. The molecule has 0 aromatic heterocycles. The van der Waals surface area contributed by atoms with E-state index >= 15 is 0 Å². The van der Waals surface area contributed by atoms with Crippen molar-refractivity contribution in [2.24, 2.45) is 0 Å². The first-order chi connectivity index (χ1) is 6.22. The van der Waals surface area contributed by atoms with Crippen LogP contribution in [0.4, 0.5) is 0 Å². The molecule has 0 saturated heterocycles. The molecular weight excluding hydrogens is 164 g/mol. The standard InChI is InChI=1S/C11H16O2/c1-9(13-2)6-7-10-4-3-5-11(12)8-10/h8H,1,3-7H2,2H3. The van der Waals surface area contributed by atoms with Crippen LogP contribution in [0, 0.1) is 0 Å². The van der Waals surface area contributed by atoms with Crippen LogP contribution < -0.4 is 0 Å². The third-order valence-corrected chi connectivity index (χ3v) is 2.30. The van der Waals surface area contributed by atoms with Crippen LogP contribution in [0.5, 0.6) is 0 Å². The Morgan fingerprint density at radius 1 is 1.62 bits per heavy atom. The zero-order valence-electron chi connectivity index (χ0n) is 8.14. The third-order valence-electron chi connectivity index (χ3n) is 2.30. The van der Waals surface area contributed by atoms with Crippen molar-refractivity contribution in [1.29, 1.82) is 0 Å². The number of carbonyl (C=O) groups is 1. The lowest BCUT2D eigenvalue weighted by atomic mass is 9.95. The van der Waals surface area contributed by atoms with E-state index in [-0.39, 0.29) is 5.78 Å². The number of carbonyl (C=O) groups excluding carboxylic acids is 1. The molecule has 1 rings (SSSR count). The quantitative estimate of drug-likeness (QED) is 0.621. The summed E-state index contributed by atoms with van der Waals surface area (Å²) in [6, 6.07) is 0. The lowest BCUT2D eigenvalue weighted by Gasteiger charge is -2.12. The SMILES string of the molecule is C=C(CCC1=CC(=O)CCC1)OC. The number of hydrogen-bond donors (Lipinski definition) is 0. The molecule has 1 aliphatic carbocycles. The first-order valence-electron chi connectivity index (χ1n) is 4.66. The smallest absolute Gasteiger partial charge is 0.155 e. The van der Waals surface area contributed by atoms with Gasteiger partial charge in [0, 0.05) is 12.8 Å². The number of rotatable bonds is 4. The second-order valence-electron chi connectivity index (χ2n) is 3.37. The van der Waals surface area contributed by atoms with E-state index < -0.39 is 0 Å². The molecule has 72 valence electrons. The molecule has 0 bridgehead atoms. The molecule has 13 heavy (non-hydrogen) atoms. The maximum atomic E-state index is 11.1. The van der Waals surface area contributed by atoms with E-state index in [1.54, 1.807) is 13.2 Å². The topological polar surface area (TPSA) is 26.3 Å². The fraction of sp³-hybridized carbons (Fsp3) is 0.545. The number of methoxy groups -OCH3 is 1. The highest BCUT2D eigenvalue weighted by molar-refractivity contribution is 5.91. The first-order valence-corrected chi connectivity index (χ1v) is 4.66. The van der Waals surface area contributed by atoms with Crippen LogP contribution in [0.2, 0.25) is 0 Å². The molecule has 0 heterocycles. The minimum atomic E-state index is 0.268. The van der Waals surface area contributed by atoms with Crippen LogP contribution in [0.15, 0.2) is 24.0 Å². The summed E-state index contributed by atoms with van der Waals surface area (Å²) in [5.41, 5.74) is 1.24. The van der Waals surface area contributed by atoms with Crippen LogP contribution in [0.3, 0.4) is 0 Å². The Kier molecular flexibility index (Phi) is 3.74. The van der Waals surface area contributed by atoms with Crippen molar-refractivity contribution in [2.45, 2.75) is 32.1 Å². The number of ketones is 1. The number of ether oxygens (including phenoxy) is 1. The molecule has 0 aliphatic heterocycles. The van der Waals surface area contributed by atoms with Crippen molar-refractivity contribution in [3.63, 3.8) is 0 Å². The highest BCUT2D eigenvalue weighted by atomic mass is 16.5. The van der Waals surface area contributed by atoms with Crippen molar-refractivity contribution < 1.29 is 9.53 Å². The summed E-state index contributed by atoms with van der Waals surface area (Å²) in [6.45, 7) is 3.74. The van der Waals surface area contributed by atoms with Gasteiger partial charge in [0.05, 0.1) is 12.9 Å². The normalized spacial score (nSPS) is 16.7. The molecule has 0 fully saturated rings. The molecule has 0 radical (unpaired) electrons. The van der Waals surface area contributed by atoms with E-state index in [1.165, 1.54) is 5.57 Å². The van der Waals surface area contributed by atoms with Gasteiger partial charge in [-0.05, 0) is 25.3 Å². The summed E-state index contributed by atoms with van der Waals surface area (Å²) >= 11 is 0. The van der Waals surface area contributed by atoms with Crippen LogP contribution in [-0.4, -0.2) is 12.9 Å². The number of hydrogen-bond acceptors (Lipinski definition) is 2. The van der Waals surface area contributed by atoms with Gasteiger partial charge in [0.15, 0.2) is 5.78 Å². The van der Waals surface area contributed by atoms with E-state index in [0.29, 0.717) is 6.42 Å². The molecule has 0 spiro atoms. The molecule has 0 unspecified atom stereocenters. The fourth-order valence-electron chi connectivity index (χ4n) is 1.46. The monoisotopic (exact) mass is 180 g/mol. The Balaban J connectivity index is 2.36. The molecule has 0 atom stereocenters. The van der Waals surface area contributed by atoms with Gasteiger partial charge in [-0.2, -0.15) is 0 Å². The fourth-order valence-corrected chi connectivity index (χ4v) is 1.46. The van der Waals surface area contributed by atoms with Gasteiger partial charge >= 0.3 is 0 Å². The van der Waals surface area contributed by atoms with E-state index in [1.807, 2.05) is 0 Å². The molecule has 0 aromatic carbocycles. The van der Waals surface area contributed by atoms with Gasteiger partial charge in [-0.1, -0.05) is 12.2 Å². The first kappa shape index (κ1) is 10.0. The summed E-state index contributed by atoms with van der Waals surface area (Å²) in [5.74, 6) is 1.06. The molecular formula is C11H16O2. The Morgan fingerprint density at radius 2 is 2.38 bits per heavy atom. The average molecular weight is 180 g/mol. The summed E-state index contributed by atoms with van der Waals surface area (Å²) in [6.07, 6.45) is 6.31. The second kappa shape index (κ2) is 4.85. The molecule has 0 saturated carbocycles. The van der Waals surface area contributed by atoms with Gasteiger partial charge in [-0.25, -0.2) is 0 Å². The zero-order valence-corrected chi connectivity index (χ0v) is 8.14. The van der Waals surface area contributed by atoms with Crippen molar-refractivity contribution in [3.8, 4) is 0 Å². The number of allylic oxidation sites excluding steroid dienone is 3. The van der Waals surface area contributed by atoms with E-state index in [2.05, 4.69) is 6.58 Å². The van der Waals surface area contributed by atoms with E-state index in [9.17, 15) is 4.79 Å². The molecule has 2 heteroatoms.